The monoisotopic (exact) mass is 388 g/mol. The summed E-state index contributed by atoms with van der Waals surface area (Å²) in [6.07, 6.45) is 1.77. The molecular weight excluding hydrogens is 363 g/mol. The summed E-state index contributed by atoms with van der Waals surface area (Å²) >= 11 is 0. The molecule has 0 bridgehead atoms. The molecule has 1 aromatic rings. The van der Waals surface area contributed by atoms with Gasteiger partial charge in [0.15, 0.2) is 0 Å². The first kappa shape index (κ1) is 21.8. The van der Waals surface area contributed by atoms with E-state index in [1.54, 1.807) is 26.0 Å². The van der Waals surface area contributed by atoms with Crippen molar-refractivity contribution < 1.29 is 26.2 Å². The fraction of sp³-hybridized carbons (Fsp3) is 0.412. The van der Waals surface area contributed by atoms with Crippen molar-refractivity contribution in [2.75, 3.05) is 19.8 Å². The molecule has 0 atom stereocenters. The molecule has 1 rings (SSSR count). The molecule has 0 aliphatic carbocycles. The van der Waals surface area contributed by atoms with E-state index in [9.17, 15) is 13.0 Å². The summed E-state index contributed by atoms with van der Waals surface area (Å²) in [6.45, 7) is 9.55. The van der Waals surface area contributed by atoms with Crippen LogP contribution in [0.2, 0.25) is 0 Å². The minimum absolute atomic E-state index is 0.0625. The van der Waals surface area contributed by atoms with Crippen LogP contribution in [0, 0.1) is 6.92 Å². The predicted octanol–water partition coefficient (Wildman–Crippen LogP) is 4.43. The summed E-state index contributed by atoms with van der Waals surface area (Å²) < 4.78 is 51.6. The van der Waals surface area contributed by atoms with Gasteiger partial charge in [0.25, 0.3) is 10.1 Å². The van der Waals surface area contributed by atoms with E-state index in [2.05, 4.69) is 6.58 Å². The molecule has 0 saturated carbocycles. The highest BCUT2D eigenvalue weighted by molar-refractivity contribution is 7.86. The maximum Gasteiger partial charge on any atom is 0.354 e. The van der Waals surface area contributed by atoms with Crippen molar-refractivity contribution in [2.24, 2.45) is 0 Å². The maximum absolute atomic E-state index is 12.3. The zero-order valence-electron chi connectivity index (χ0n) is 14.8. The molecule has 25 heavy (non-hydrogen) atoms. The Morgan fingerprint density at radius 3 is 2.24 bits per heavy atom. The highest BCUT2D eigenvalue weighted by Crippen LogP contribution is 2.49. The molecule has 6 nitrogen and oxygen atoms in total. The van der Waals surface area contributed by atoms with Gasteiger partial charge in [-0.1, -0.05) is 35.9 Å². The molecular formula is C17H25O6PS. The lowest BCUT2D eigenvalue weighted by molar-refractivity contribution is 0.229. The van der Waals surface area contributed by atoms with Crippen molar-refractivity contribution >= 4 is 17.7 Å². The normalized spacial score (nSPS) is 12.6. The van der Waals surface area contributed by atoms with Gasteiger partial charge in [-0.15, -0.1) is 0 Å². The first-order valence-corrected chi connectivity index (χ1v) is 11.0. The summed E-state index contributed by atoms with van der Waals surface area (Å²) in [5, 5.41) is 0. The third-order valence-corrected chi connectivity index (χ3v) is 6.16. The zero-order chi connectivity index (χ0) is 18.9. The van der Waals surface area contributed by atoms with Gasteiger partial charge in [0.1, 0.15) is 0 Å². The van der Waals surface area contributed by atoms with Gasteiger partial charge < -0.3 is 9.05 Å². The highest BCUT2D eigenvalue weighted by Gasteiger charge is 2.19. The molecule has 0 N–H and O–H groups in total. The van der Waals surface area contributed by atoms with Crippen molar-refractivity contribution in [3.63, 3.8) is 0 Å². The lowest BCUT2D eigenvalue weighted by atomic mass is 10.2. The minimum atomic E-state index is -3.80. The molecule has 0 aromatic heterocycles. The molecule has 0 radical (unpaired) electrons. The van der Waals surface area contributed by atoms with E-state index in [4.69, 9.17) is 13.2 Å². The van der Waals surface area contributed by atoms with E-state index in [-0.39, 0.29) is 31.1 Å². The Balaban J connectivity index is 2.57. The number of rotatable bonds is 11. The molecule has 1 aromatic carbocycles. The first-order chi connectivity index (χ1) is 11.7. The largest absolute Gasteiger partial charge is 0.354 e. The molecule has 0 spiro atoms. The Bertz CT molecular complexity index is 727. The SMILES string of the molecule is C=C(/C=C/P(=O)(OCC)OCC)CCOS(=O)(=O)c1ccc(C)cc1. The second kappa shape index (κ2) is 10.0. The Kier molecular flexibility index (Phi) is 8.76. The molecule has 140 valence electrons. The van der Waals surface area contributed by atoms with Crippen molar-refractivity contribution in [2.45, 2.75) is 32.1 Å². The summed E-state index contributed by atoms with van der Waals surface area (Å²) in [5.74, 6) is 1.33. The molecule has 0 saturated heterocycles. The summed E-state index contributed by atoms with van der Waals surface area (Å²) in [4.78, 5) is 0.108. The van der Waals surface area contributed by atoms with Crippen LogP contribution in [0.1, 0.15) is 25.8 Å². The molecule has 0 fully saturated rings. The Labute approximate surface area is 150 Å². The van der Waals surface area contributed by atoms with E-state index >= 15 is 0 Å². The minimum Gasteiger partial charge on any atom is -0.306 e. The van der Waals surface area contributed by atoms with Gasteiger partial charge in [-0.05, 0) is 39.3 Å². The number of hydrogen-bond donors (Lipinski definition) is 0. The fourth-order valence-corrected chi connectivity index (χ4v) is 4.09. The number of allylic oxidation sites excluding steroid dienone is 1. The number of benzene rings is 1. The quantitative estimate of drug-likeness (QED) is 0.317. The van der Waals surface area contributed by atoms with Gasteiger partial charge in [-0.25, -0.2) is 0 Å². The molecule has 0 aliphatic rings. The average Bonchev–Trinajstić information content (AvgIpc) is 2.54. The summed E-state index contributed by atoms with van der Waals surface area (Å²) in [7, 11) is -7.09. The lowest BCUT2D eigenvalue weighted by Crippen LogP contribution is -2.07. The van der Waals surface area contributed by atoms with E-state index in [1.165, 1.54) is 24.0 Å². The third-order valence-electron chi connectivity index (χ3n) is 3.08. The van der Waals surface area contributed by atoms with Crippen LogP contribution in [0.3, 0.4) is 0 Å². The first-order valence-electron chi connectivity index (χ1n) is 7.94. The van der Waals surface area contributed by atoms with Crippen LogP contribution in [-0.2, 0) is 27.9 Å². The van der Waals surface area contributed by atoms with Crippen molar-refractivity contribution in [1.82, 2.24) is 0 Å². The summed E-state index contributed by atoms with van der Waals surface area (Å²) in [6, 6.07) is 6.41. The van der Waals surface area contributed by atoms with E-state index in [0.717, 1.165) is 5.56 Å². The predicted molar refractivity (Wildman–Crippen MR) is 98.1 cm³/mol. The van der Waals surface area contributed by atoms with Gasteiger partial charge in [0, 0.05) is 5.82 Å². The topological polar surface area (TPSA) is 78.9 Å². The van der Waals surface area contributed by atoms with Gasteiger partial charge in [-0.2, -0.15) is 8.42 Å². The van der Waals surface area contributed by atoms with Gasteiger partial charge in [-0.3, -0.25) is 8.75 Å². The number of aryl methyl sites for hydroxylation is 1. The Hall–Kier alpha value is -1.24. The van der Waals surface area contributed by atoms with Crippen LogP contribution in [0.4, 0.5) is 0 Å². The second-order valence-electron chi connectivity index (χ2n) is 5.19. The van der Waals surface area contributed by atoms with Crippen LogP contribution in [0.25, 0.3) is 0 Å². The highest BCUT2D eigenvalue weighted by atomic mass is 32.2. The lowest BCUT2D eigenvalue weighted by Gasteiger charge is -2.12. The third kappa shape index (κ3) is 7.67. The Morgan fingerprint density at radius 1 is 1.16 bits per heavy atom. The van der Waals surface area contributed by atoms with Crippen LogP contribution in [-0.4, -0.2) is 28.2 Å². The van der Waals surface area contributed by atoms with Gasteiger partial charge in [0.05, 0.1) is 24.7 Å². The second-order valence-corrected chi connectivity index (χ2v) is 8.70. The fourth-order valence-electron chi connectivity index (χ4n) is 1.82. The Morgan fingerprint density at radius 2 is 1.72 bits per heavy atom. The molecule has 8 heteroatoms. The van der Waals surface area contributed by atoms with Crippen molar-refractivity contribution in [1.29, 1.82) is 0 Å². The molecule has 0 unspecified atom stereocenters. The van der Waals surface area contributed by atoms with Gasteiger partial charge in [0.2, 0.25) is 0 Å². The van der Waals surface area contributed by atoms with Crippen LogP contribution in [0.5, 0.6) is 0 Å². The summed E-state index contributed by atoms with van der Waals surface area (Å²) in [5.41, 5.74) is 1.52. The average molecular weight is 388 g/mol. The van der Waals surface area contributed by atoms with E-state index in [1.807, 2.05) is 6.92 Å². The van der Waals surface area contributed by atoms with Crippen LogP contribution in [0.15, 0.2) is 53.2 Å². The molecule has 0 aliphatic heterocycles. The molecule has 0 heterocycles. The zero-order valence-corrected chi connectivity index (χ0v) is 16.5. The van der Waals surface area contributed by atoms with Crippen molar-refractivity contribution in [3.05, 3.63) is 53.9 Å². The maximum atomic E-state index is 12.3. The van der Waals surface area contributed by atoms with E-state index < -0.39 is 17.7 Å². The van der Waals surface area contributed by atoms with Crippen LogP contribution < -0.4 is 0 Å². The van der Waals surface area contributed by atoms with Crippen molar-refractivity contribution in [3.8, 4) is 0 Å². The van der Waals surface area contributed by atoms with E-state index in [0.29, 0.717) is 5.57 Å². The van der Waals surface area contributed by atoms with Crippen LogP contribution >= 0.6 is 7.60 Å². The van der Waals surface area contributed by atoms with Gasteiger partial charge >= 0.3 is 7.60 Å². The number of hydrogen-bond acceptors (Lipinski definition) is 6. The smallest absolute Gasteiger partial charge is 0.306 e. The standard InChI is InChI=1S/C17H25O6PS/c1-5-21-24(18,22-6-2)14-12-16(4)11-13-23-25(19,20)17-9-7-15(3)8-10-17/h7-10,12,14H,4-6,11,13H2,1-3H3/b14-12+. The molecule has 0 amide bonds.